The van der Waals surface area contributed by atoms with Crippen LogP contribution in [-0.2, 0) is 4.79 Å². The summed E-state index contributed by atoms with van der Waals surface area (Å²) in [6, 6.07) is 12.9. The fourth-order valence-electron chi connectivity index (χ4n) is 2.04. The molecule has 3 N–H and O–H groups in total. The van der Waals surface area contributed by atoms with E-state index in [-0.39, 0.29) is 5.91 Å². The van der Waals surface area contributed by atoms with E-state index in [2.05, 4.69) is 37.4 Å². The van der Waals surface area contributed by atoms with Gasteiger partial charge in [0.2, 0.25) is 11.8 Å². The molecule has 5 heteroatoms. The second-order valence-electron chi connectivity index (χ2n) is 5.34. The molecular formula is C18H20N2O2S. The standard InChI is InChI=1S/C18H20N2O2S/c1-12-6-7-16(10-13(12)2)23-9-8-17(21)20-15-5-3-4-14(11-15)18(19)22/h3-7,10-11H,8-9H2,1-2H3,(H2,19,22)(H,20,21). The van der Waals surface area contributed by atoms with E-state index < -0.39 is 5.91 Å². The summed E-state index contributed by atoms with van der Waals surface area (Å²) >= 11 is 1.66. The van der Waals surface area contributed by atoms with Crippen molar-refractivity contribution in [3.63, 3.8) is 0 Å². The number of hydrogen-bond acceptors (Lipinski definition) is 3. The minimum Gasteiger partial charge on any atom is -0.366 e. The number of thioether (sulfide) groups is 1. The van der Waals surface area contributed by atoms with Gasteiger partial charge in [0.25, 0.3) is 0 Å². The molecule has 0 spiro atoms. The van der Waals surface area contributed by atoms with E-state index in [0.29, 0.717) is 23.4 Å². The first-order valence-electron chi connectivity index (χ1n) is 7.35. The Hall–Kier alpha value is -2.27. The van der Waals surface area contributed by atoms with Crippen molar-refractivity contribution in [2.24, 2.45) is 5.73 Å². The minimum atomic E-state index is -0.508. The van der Waals surface area contributed by atoms with Crippen LogP contribution < -0.4 is 11.1 Å². The lowest BCUT2D eigenvalue weighted by Crippen LogP contribution is -2.14. The molecule has 0 fully saturated rings. The lowest BCUT2D eigenvalue weighted by atomic mass is 10.1. The number of hydrogen-bond donors (Lipinski definition) is 2. The van der Waals surface area contributed by atoms with E-state index >= 15 is 0 Å². The molecule has 2 aromatic carbocycles. The van der Waals surface area contributed by atoms with Crippen molar-refractivity contribution in [1.82, 2.24) is 0 Å². The van der Waals surface area contributed by atoms with Crippen molar-refractivity contribution in [2.75, 3.05) is 11.1 Å². The van der Waals surface area contributed by atoms with Crippen LogP contribution in [0.2, 0.25) is 0 Å². The Morgan fingerprint density at radius 3 is 2.57 bits per heavy atom. The zero-order valence-electron chi connectivity index (χ0n) is 13.3. The summed E-state index contributed by atoms with van der Waals surface area (Å²) in [6.45, 7) is 4.16. The Bertz CT molecular complexity index is 729. The van der Waals surface area contributed by atoms with Gasteiger partial charge >= 0.3 is 0 Å². The van der Waals surface area contributed by atoms with Crippen molar-refractivity contribution < 1.29 is 9.59 Å². The predicted octanol–water partition coefficient (Wildman–Crippen LogP) is 3.52. The summed E-state index contributed by atoms with van der Waals surface area (Å²) in [7, 11) is 0. The van der Waals surface area contributed by atoms with Gasteiger partial charge in [0.15, 0.2) is 0 Å². The molecule has 0 heterocycles. The summed E-state index contributed by atoms with van der Waals surface area (Å²) in [4.78, 5) is 24.3. The number of primary amides is 1. The zero-order valence-corrected chi connectivity index (χ0v) is 14.1. The average Bonchev–Trinajstić information content (AvgIpc) is 2.51. The molecule has 0 aliphatic rings. The second kappa shape index (κ2) is 7.83. The van der Waals surface area contributed by atoms with E-state index in [0.717, 1.165) is 4.90 Å². The summed E-state index contributed by atoms with van der Waals surface area (Å²) in [5.41, 5.74) is 8.71. The normalized spacial score (nSPS) is 10.3. The molecule has 0 atom stereocenters. The summed E-state index contributed by atoms with van der Waals surface area (Å²) in [5, 5.41) is 2.78. The fraction of sp³-hybridized carbons (Fsp3) is 0.222. The smallest absolute Gasteiger partial charge is 0.248 e. The highest BCUT2D eigenvalue weighted by atomic mass is 32.2. The van der Waals surface area contributed by atoms with Gasteiger partial charge in [-0.1, -0.05) is 12.1 Å². The number of carbonyl (C=O) groups excluding carboxylic acids is 2. The van der Waals surface area contributed by atoms with Crippen molar-refractivity contribution in [1.29, 1.82) is 0 Å². The maximum atomic E-state index is 12.0. The third-order valence-electron chi connectivity index (χ3n) is 3.51. The largest absolute Gasteiger partial charge is 0.366 e. The molecule has 0 saturated carbocycles. The monoisotopic (exact) mass is 328 g/mol. The number of nitrogens with two attached hydrogens (primary N) is 1. The van der Waals surface area contributed by atoms with E-state index in [1.54, 1.807) is 36.0 Å². The van der Waals surface area contributed by atoms with Gasteiger partial charge in [-0.3, -0.25) is 9.59 Å². The van der Waals surface area contributed by atoms with Crippen LogP contribution in [0.15, 0.2) is 47.4 Å². The summed E-state index contributed by atoms with van der Waals surface area (Å²) in [5.74, 6) is 0.110. The maximum Gasteiger partial charge on any atom is 0.248 e. The van der Waals surface area contributed by atoms with Crippen LogP contribution in [0.5, 0.6) is 0 Å². The van der Waals surface area contributed by atoms with Gasteiger partial charge in [-0.25, -0.2) is 0 Å². The van der Waals surface area contributed by atoms with Crippen LogP contribution in [0.3, 0.4) is 0 Å². The lowest BCUT2D eigenvalue weighted by Gasteiger charge is -2.07. The molecule has 2 amide bonds. The number of carbonyl (C=O) groups is 2. The molecular weight excluding hydrogens is 308 g/mol. The van der Waals surface area contributed by atoms with Gasteiger partial charge in [-0.15, -0.1) is 11.8 Å². The third-order valence-corrected chi connectivity index (χ3v) is 4.50. The number of benzene rings is 2. The van der Waals surface area contributed by atoms with E-state index in [1.807, 2.05) is 0 Å². The van der Waals surface area contributed by atoms with E-state index in [1.165, 1.54) is 11.1 Å². The zero-order chi connectivity index (χ0) is 16.8. The second-order valence-corrected chi connectivity index (χ2v) is 6.51. The Morgan fingerprint density at radius 1 is 1.09 bits per heavy atom. The molecule has 120 valence electrons. The van der Waals surface area contributed by atoms with Gasteiger partial charge in [-0.2, -0.15) is 0 Å². The van der Waals surface area contributed by atoms with Crippen LogP contribution in [0, 0.1) is 13.8 Å². The van der Waals surface area contributed by atoms with Gasteiger partial charge in [0.1, 0.15) is 0 Å². The molecule has 0 saturated heterocycles. The Morgan fingerprint density at radius 2 is 1.87 bits per heavy atom. The minimum absolute atomic E-state index is 0.0806. The Balaban J connectivity index is 1.84. The first kappa shape index (κ1) is 17.1. The lowest BCUT2D eigenvalue weighted by molar-refractivity contribution is -0.115. The molecule has 0 aliphatic carbocycles. The molecule has 0 aromatic heterocycles. The van der Waals surface area contributed by atoms with Crippen LogP contribution in [0.25, 0.3) is 0 Å². The molecule has 0 radical (unpaired) electrons. The fourth-order valence-corrected chi connectivity index (χ4v) is 2.99. The number of aryl methyl sites for hydroxylation is 2. The van der Waals surface area contributed by atoms with E-state index in [4.69, 9.17) is 5.73 Å². The maximum absolute atomic E-state index is 12.0. The van der Waals surface area contributed by atoms with Crippen molar-refractivity contribution in [3.05, 3.63) is 59.2 Å². The SMILES string of the molecule is Cc1ccc(SCCC(=O)Nc2cccc(C(N)=O)c2)cc1C. The summed E-state index contributed by atoms with van der Waals surface area (Å²) < 4.78 is 0. The number of anilines is 1. The number of nitrogens with one attached hydrogen (secondary N) is 1. The summed E-state index contributed by atoms with van der Waals surface area (Å²) in [6.07, 6.45) is 0.401. The van der Waals surface area contributed by atoms with Gasteiger partial charge in [0, 0.05) is 28.3 Å². The molecule has 2 rings (SSSR count). The molecule has 0 aliphatic heterocycles. The third kappa shape index (κ3) is 5.14. The van der Waals surface area contributed by atoms with Gasteiger partial charge < -0.3 is 11.1 Å². The molecule has 0 bridgehead atoms. The quantitative estimate of drug-likeness (QED) is 0.797. The van der Waals surface area contributed by atoms with Crippen LogP contribution in [0.4, 0.5) is 5.69 Å². The Kier molecular flexibility index (Phi) is 5.82. The first-order valence-corrected chi connectivity index (χ1v) is 8.34. The van der Waals surface area contributed by atoms with Crippen molar-refractivity contribution in [2.45, 2.75) is 25.2 Å². The first-order chi connectivity index (χ1) is 11.0. The van der Waals surface area contributed by atoms with Gasteiger partial charge in [0.05, 0.1) is 0 Å². The van der Waals surface area contributed by atoms with Gasteiger partial charge in [-0.05, 0) is 55.3 Å². The van der Waals surface area contributed by atoms with Crippen LogP contribution >= 0.6 is 11.8 Å². The highest BCUT2D eigenvalue weighted by molar-refractivity contribution is 7.99. The molecule has 0 unspecified atom stereocenters. The molecule has 4 nitrogen and oxygen atoms in total. The highest BCUT2D eigenvalue weighted by Gasteiger charge is 2.06. The van der Waals surface area contributed by atoms with Crippen LogP contribution in [-0.4, -0.2) is 17.6 Å². The van der Waals surface area contributed by atoms with E-state index in [9.17, 15) is 9.59 Å². The average molecular weight is 328 g/mol. The number of rotatable bonds is 6. The predicted molar refractivity (Wildman–Crippen MR) is 94.8 cm³/mol. The van der Waals surface area contributed by atoms with Crippen LogP contribution in [0.1, 0.15) is 27.9 Å². The molecule has 23 heavy (non-hydrogen) atoms. The Labute approximate surface area is 140 Å². The van der Waals surface area contributed by atoms with Crippen molar-refractivity contribution >= 4 is 29.3 Å². The highest BCUT2D eigenvalue weighted by Crippen LogP contribution is 2.22. The topological polar surface area (TPSA) is 72.2 Å². The number of amides is 2. The van der Waals surface area contributed by atoms with Crippen molar-refractivity contribution in [3.8, 4) is 0 Å². The molecule has 2 aromatic rings.